The molecular formula is C22H28N4OS. The minimum absolute atomic E-state index is 0.559. The number of benzene rings is 2. The van der Waals surface area contributed by atoms with E-state index in [4.69, 9.17) is 0 Å². The fourth-order valence-electron chi connectivity index (χ4n) is 3.06. The van der Waals surface area contributed by atoms with E-state index < -0.39 is 10.8 Å². The highest BCUT2D eigenvalue weighted by Crippen LogP contribution is 2.15. The molecule has 1 atom stereocenters. The number of aryl methyl sites for hydroxylation is 1. The first-order valence-corrected chi connectivity index (χ1v) is 11.1. The van der Waals surface area contributed by atoms with Gasteiger partial charge in [0.05, 0.1) is 10.8 Å². The molecular weight excluding hydrogens is 368 g/mol. The monoisotopic (exact) mass is 396 g/mol. The molecule has 148 valence electrons. The van der Waals surface area contributed by atoms with Crippen LogP contribution in [0.4, 0.5) is 0 Å². The molecule has 3 aromatic rings. The van der Waals surface area contributed by atoms with Crippen molar-refractivity contribution in [2.75, 3.05) is 25.4 Å². The van der Waals surface area contributed by atoms with Gasteiger partial charge in [0.2, 0.25) is 0 Å². The second-order valence-corrected chi connectivity index (χ2v) is 8.04. The lowest BCUT2D eigenvalue weighted by Crippen LogP contribution is -2.39. The largest absolute Gasteiger partial charge is 0.357 e. The van der Waals surface area contributed by atoms with Crippen LogP contribution < -0.4 is 10.6 Å². The first-order valence-electron chi connectivity index (χ1n) is 9.77. The molecule has 0 aliphatic heterocycles. The van der Waals surface area contributed by atoms with E-state index in [-0.39, 0.29) is 0 Å². The highest BCUT2D eigenvalue weighted by atomic mass is 32.2. The molecule has 0 aliphatic carbocycles. The summed E-state index contributed by atoms with van der Waals surface area (Å²) < 4.78 is 14.6. The van der Waals surface area contributed by atoms with Crippen molar-refractivity contribution in [3.63, 3.8) is 0 Å². The predicted molar refractivity (Wildman–Crippen MR) is 118 cm³/mol. The molecule has 3 rings (SSSR count). The summed E-state index contributed by atoms with van der Waals surface area (Å²) in [5.41, 5.74) is 1.26. The maximum absolute atomic E-state index is 12.3. The number of aromatic nitrogens is 1. The van der Waals surface area contributed by atoms with Crippen LogP contribution in [-0.2, 0) is 17.3 Å². The van der Waals surface area contributed by atoms with Gasteiger partial charge in [-0.2, -0.15) is 0 Å². The number of hydrogen-bond donors (Lipinski definition) is 2. The third-order valence-corrected chi connectivity index (χ3v) is 5.81. The molecule has 1 unspecified atom stereocenters. The molecule has 0 amide bonds. The van der Waals surface area contributed by atoms with Crippen LogP contribution in [0.25, 0.3) is 10.9 Å². The SMILES string of the molecule is CCNC(=NCCCn1ccc2ccccc21)NCCS(=O)c1ccccc1. The molecule has 0 spiro atoms. The van der Waals surface area contributed by atoms with E-state index in [9.17, 15) is 4.21 Å². The molecule has 2 aromatic carbocycles. The van der Waals surface area contributed by atoms with Crippen molar-refractivity contribution in [2.45, 2.75) is 24.8 Å². The Hall–Kier alpha value is -2.60. The van der Waals surface area contributed by atoms with Crippen molar-refractivity contribution in [1.82, 2.24) is 15.2 Å². The van der Waals surface area contributed by atoms with Crippen LogP contribution in [0.5, 0.6) is 0 Å². The zero-order valence-electron chi connectivity index (χ0n) is 16.3. The number of rotatable bonds is 9. The van der Waals surface area contributed by atoms with Gasteiger partial charge in [0, 0.05) is 48.5 Å². The smallest absolute Gasteiger partial charge is 0.191 e. The van der Waals surface area contributed by atoms with Gasteiger partial charge in [0.15, 0.2) is 5.96 Å². The number of para-hydroxylation sites is 1. The zero-order chi connectivity index (χ0) is 19.6. The van der Waals surface area contributed by atoms with Gasteiger partial charge in [-0.3, -0.25) is 9.20 Å². The summed E-state index contributed by atoms with van der Waals surface area (Å²) >= 11 is 0. The molecule has 28 heavy (non-hydrogen) atoms. The van der Waals surface area contributed by atoms with E-state index in [0.717, 1.165) is 36.9 Å². The third kappa shape index (κ3) is 5.70. The Morgan fingerprint density at radius 1 is 1.04 bits per heavy atom. The lowest BCUT2D eigenvalue weighted by atomic mass is 10.2. The van der Waals surface area contributed by atoms with E-state index >= 15 is 0 Å². The normalized spacial score (nSPS) is 12.8. The van der Waals surface area contributed by atoms with E-state index in [1.165, 1.54) is 10.9 Å². The quantitative estimate of drug-likeness (QED) is 0.331. The van der Waals surface area contributed by atoms with Crippen LogP contribution >= 0.6 is 0 Å². The summed E-state index contributed by atoms with van der Waals surface area (Å²) in [6.07, 6.45) is 3.10. The van der Waals surface area contributed by atoms with Crippen molar-refractivity contribution in [2.24, 2.45) is 4.99 Å². The van der Waals surface area contributed by atoms with Gasteiger partial charge in [-0.25, -0.2) is 0 Å². The molecule has 2 N–H and O–H groups in total. The minimum Gasteiger partial charge on any atom is -0.357 e. The molecule has 6 heteroatoms. The van der Waals surface area contributed by atoms with Crippen LogP contribution in [0.15, 0.2) is 76.7 Å². The van der Waals surface area contributed by atoms with E-state index in [1.54, 1.807) is 0 Å². The van der Waals surface area contributed by atoms with E-state index in [1.807, 2.05) is 37.3 Å². The van der Waals surface area contributed by atoms with Gasteiger partial charge in [0.1, 0.15) is 0 Å². The molecule has 0 fully saturated rings. The fraction of sp³-hybridized carbons (Fsp3) is 0.318. The number of hydrogen-bond acceptors (Lipinski definition) is 2. The first-order chi connectivity index (χ1) is 13.8. The summed E-state index contributed by atoms with van der Waals surface area (Å²) in [6, 6.07) is 20.1. The zero-order valence-corrected chi connectivity index (χ0v) is 17.1. The Labute approximate surface area is 169 Å². The molecule has 1 heterocycles. The number of guanidine groups is 1. The number of nitrogens with zero attached hydrogens (tertiary/aromatic N) is 2. The molecule has 5 nitrogen and oxygen atoms in total. The lowest BCUT2D eigenvalue weighted by molar-refractivity contribution is 0.666. The van der Waals surface area contributed by atoms with Gasteiger partial charge in [-0.15, -0.1) is 0 Å². The Morgan fingerprint density at radius 3 is 2.64 bits per heavy atom. The van der Waals surface area contributed by atoms with E-state index in [0.29, 0.717) is 12.3 Å². The molecule has 0 bridgehead atoms. The molecule has 0 saturated heterocycles. The lowest BCUT2D eigenvalue weighted by Gasteiger charge is -2.11. The second-order valence-electron chi connectivity index (χ2n) is 6.47. The van der Waals surface area contributed by atoms with Crippen molar-refractivity contribution in [3.8, 4) is 0 Å². The van der Waals surface area contributed by atoms with Gasteiger partial charge >= 0.3 is 0 Å². The van der Waals surface area contributed by atoms with Crippen LogP contribution in [-0.4, -0.2) is 40.1 Å². The van der Waals surface area contributed by atoms with Crippen molar-refractivity contribution in [3.05, 3.63) is 66.9 Å². The first kappa shape index (κ1) is 20.1. The summed E-state index contributed by atoms with van der Waals surface area (Å²) in [7, 11) is -0.994. The molecule has 0 aliphatic rings. The Bertz CT molecular complexity index is 920. The van der Waals surface area contributed by atoms with Crippen LogP contribution in [0.2, 0.25) is 0 Å². The Balaban J connectivity index is 1.45. The van der Waals surface area contributed by atoms with Crippen molar-refractivity contribution >= 4 is 27.7 Å². The maximum Gasteiger partial charge on any atom is 0.191 e. The Kier molecular flexibility index (Phi) is 7.67. The average molecular weight is 397 g/mol. The van der Waals surface area contributed by atoms with Crippen molar-refractivity contribution < 1.29 is 4.21 Å². The standard InChI is InChI=1S/C22H28N4OS/c1-2-23-22(25-15-18-28(27)20-10-4-3-5-11-20)24-14-8-16-26-17-13-19-9-6-7-12-21(19)26/h3-7,9-13,17H,2,8,14-16,18H2,1H3,(H2,23,24,25). The van der Waals surface area contributed by atoms with Crippen LogP contribution in [0, 0.1) is 0 Å². The third-order valence-electron chi connectivity index (χ3n) is 4.44. The van der Waals surface area contributed by atoms with E-state index in [2.05, 4.69) is 56.7 Å². The molecule has 0 saturated carbocycles. The topological polar surface area (TPSA) is 58.4 Å². The average Bonchev–Trinajstić information content (AvgIpc) is 3.15. The van der Waals surface area contributed by atoms with Gasteiger partial charge < -0.3 is 15.2 Å². The molecule has 0 radical (unpaired) electrons. The summed E-state index contributed by atoms with van der Waals surface area (Å²) in [5, 5.41) is 7.81. The minimum atomic E-state index is -0.994. The van der Waals surface area contributed by atoms with Crippen LogP contribution in [0.1, 0.15) is 13.3 Å². The number of fused-ring (bicyclic) bond motifs is 1. The summed E-state index contributed by atoms with van der Waals surface area (Å²) in [5.74, 6) is 1.34. The van der Waals surface area contributed by atoms with Gasteiger partial charge in [-0.05, 0) is 43.0 Å². The second kappa shape index (κ2) is 10.7. The maximum atomic E-state index is 12.3. The molecule has 1 aromatic heterocycles. The Morgan fingerprint density at radius 2 is 1.82 bits per heavy atom. The number of nitrogens with one attached hydrogen (secondary N) is 2. The highest BCUT2D eigenvalue weighted by Gasteiger charge is 2.04. The summed E-state index contributed by atoms with van der Waals surface area (Å²) in [4.78, 5) is 5.51. The predicted octanol–water partition coefficient (Wildman–Crippen LogP) is 3.39. The van der Waals surface area contributed by atoms with Gasteiger partial charge in [-0.1, -0.05) is 36.4 Å². The highest BCUT2D eigenvalue weighted by molar-refractivity contribution is 7.85. The van der Waals surface area contributed by atoms with Crippen LogP contribution in [0.3, 0.4) is 0 Å². The van der Waals surface area contributed by atoms with Gasteiger partial charge in [0.25, 0.3) is 0 Å². The fourth-order valence-corrected chi connectivity index (χ4v) is 4.05. The number of aliphatic imine (C=N–C) groups is 1. The van der Waals surface area contributed by atoms with Crippen molar-refractivity contribution in [1.29, 1.82) is 0 Å². The summed E-state index contributed by atoms with van der Waals surface area (Å²) in [6.45, 7) is 5.15.